The van der Waals surface area contributed by atoms with Crippen LogP contribution in [0.25, 0.3) is 0 Å². The van der Waals surface area contributed by atoms with Crippen LogP contribution in [-0.2, 0) is 0 Å². The summed E-state index contributed by atoms with van der Waals surface area (Å²) in [7, 11) is 0. The highest BCUT2D eigenvalue weighted by Crippen LogP contribution is 2.49. The number of hydrogen-bond acceptors (Lipinski definition) is 2. The second-order valence-electron chi connectivity index (χ2n) is 1.96. The normalized spacial score (nSPS) is 17.3. The molecule has 0 saturated carbocycles. The van der Waals surface area contributed by atoms with Gasteiger partial charge in [-0.25, -0.2) is 0 Å². The van der Waals surface area contributed by atoms with Crippen molar-refractivity contribution in [2.24, 2.45) is 0 Å². The molecule has 0 radical (unpaired) electrons. The van der Waals surface area contributed by atoms with Gasteiger partial charge in [0.05, 0.1) is 0 Å². The molecule has 0 unspecified atom stereocenters. The highest BCUT2D eigenvalue weighted by atomic mass is 35.5. The van der Waals surface area contributed by atoms with E-state index in [9.17, 15) is 0 Å². The maximum absolute atomic E-state index is 5.90. The summed E-state index contributed by atoms with van der Waals surface area (Å²) in [5.74, 6) is 0. The first-order valence-corrected chi connectivity index (χ1v) is 5.12. The predicted octanol–water partition coefficient (Wildman–Crippen LogP) is 3.41. The minimum absolute atomic E-state index is 0.178. The lowest BCUT2D eigenvalue weighted by atomic mass is 10.4. The van der Waals surface area contributed by atoms with E-state index < -0.39 is 0 Å². The number of halogens is 1. The molecule has 0 nitrogen and oxygen atoms in total. The maximum Gasteiger partial charge on any atom is 0.133 e. The first-order valence-electron chi connectivity index (χ1n) is 2.93. The number of rotatable bonds is 0. The van der Waals surface area contributed by atoms with Gasteiger partial charge in [-0.3, -0.25) is 0 Å². The van der Waals surface area contributed by atoms with Gasteiger partial charge in [0.25, 0.3) is 0 Å². The smallest absolute Gasteiger partial charge is 0.0983 e. The summed E-state index contributed by atoms with van der Waals surface area (Å²) in [5, 5.41) is 0. The average Bonchev–Trinajstić information content (AvgIpc) is 2.27. The van der Waals surface area contributed by atoms with E-state index in [1.54, 1.807) is 23.5 Å². The van der Waals surface area contributed by atoms with Gasteiger partial charge < -0.3 is 0 Å². The van der Waals surface area contributed by atoms with Gasteiger partial charge in [-0.05, 0) is 12.1 Å². The van der Waals surface area contributed by atoms with Crippen LogP contribution in [0.15, 0.2) is 34.1 Å². The van der Waals surface area contributed by atoms with E-state index in [0.29, 0.717) is 0 Å². The summed E-state index contributed by atoms with van der Waals surface area (Å²) >= 11 is 9.34. The summed E-state index contributed by atoms with van der Waals surface area (Å²) in [6, 6.07) is 8.30. The minimum Gasteiger partial charge on any atom is -0.0983 e. The van der Waals surface area contributed by atoms with Crippen LogP contribution < -0.4 is 0 Å². The fraction of sp³-hybridized carbons (Fsp3) is 0.143. The fourth-order valence-electron chi connectivity index (χ4n) is 0.869. The fourth-order valence-corrected chi connectivity index (χ4v) is 3.63. The number of fused-ring (bicyclic) bond motifs is 1. The van der Waals surface area contributed by atoms with Crippen LogP contribution >= 0.6 is 35.1 Å². The largest absolute Gasteiger partial charge is 0.133 e. The Kier molecular flexibility index (Phi) is 1.85. The van der Waals surface area contributed by atoms with Crippen LogP contribution in [0.5, 0.6) is 0 Å². The lowest BCUT2D eigenvalue weighted by molar-refractivity contribution is 1.27. The third kappa shape index (κ3) is 1.16. The molecular formula is C7H5ClS2. The molecule has 0 aliphatic carbocycles. The van der Waals surface area contributed by atoms with E-state index in [0.717, 1.165) is 0 Å². The molecule has 0 saturated heterocycles. The Morgan fingerprint density at radius 3 is 2.10 bits per heavy atom. The van der Waals surface area contributed by atoms with Crippen molar-refractivity contribution in [3.8, 4) is 0 Å². The van der Waals surface area contributed by atoms with Gasteiger partial charge in [-0.1, -0.05) is 47.3 Å². The number of benzene rings is 1. The van der Waals surface area contributed by atoms with Crippen LogP contribution in [0.1, 0.15) is 0 Å². The first-order chi connectivity index (χ1) is 4.86. The second kappa shape index (κ2) is 2.68. The summed E-state index contributed by atoms with van der Waals surface area (Å²) in [6.45, 7) is 0. The van der Waals surface area contributed by atoms with E-state index in [2.05, 4.69) is 12.1 Å². The van der Waals surface area contributed by atoms with Crippen molar-refractivity contribution in [2.75, 3.05) is 0 Å². The molecule has 0 bridgehead atoms. The van der Waals surface area contributed by atoms with Gasteiger partial charge >= 0.3 is 0 Å². The quantitative estimate of drug-likeness (QED) is 0.573. The van der Waals surface area contributed by atoms with Gasteiger partial charge in [-0.15, -0.1) is 0 Å². The number of thioether (sulfide) groups is 2. The van der Waals surface area contributed by atoms with Crippen LogP contribution in [0.3, 0.4) is 0 Å². The van der Waals surface area contributed by atoms with Crippen molar-refractivity contribution in [3.05, 3.63) is 24.3 Å². The molecule has 0 atom stereocenters. The van der Waals surface area contributed by atoms with Gasteiger partial charge in [0.1, 0.15) is 4.04 Å². The third-order valence-electron chi connectivity index (χ3n) is 1.29. The van der Waals surface area contributed by atoms with Gasteiger partial charge in [-0.2, -0.15) is 0 Å². The summed E-state index contributed by atoms with van der Waals surface area (Å²) < 4.78 is 0.178. The summed E-state index contributed by atoms with van der Waals surface area (Å²) in [6.07, 6.45) is 0. The molecule has 1 heterocycles. The van der Waals surface area contributed by atoms with Crippen molar-refractivity contribution < 1.29 is 0 Å². The summed E-state index contributed by atoms with van der Waals surface area (Å²) in [5.41, 5.74) is 0. The van der Waals surface area contributed by atoms with E-state index in [1.165, 1.54) is 9.79 Å². The molecule has 0 N–H and O–H groups in total. The van der Waals surface area contributed by atoms with E-state index >= 15 is 0 Å². The van der Waals surface area contributed by atoms with Crippen molar-refractivity contribution in [3.63, 3.8) is 0 Å². The standard InChI is InChI=1S/C7H5ClS2/c8-7-9-5-3-1-2-4-6(5)10-7/h1-4,7H. The molecule has 0 aromatic heterocycles. The van der Waals surface area contributed by atoms with Crippen molar-refractivity contribution in [2.45, 2.75) is 13.8 Å². The molecule has 1 aliphatic heterocycles. The Hall–Kier alpha value is 0.210. The van der Waals surface area contributed by atoms with Gasteiger partial charge in [0, 0.05) is 9.79 Å². The highest BCUT2D eigenvalue weighted by Gasteiger charge is 2.19. The summed E-state index contributed by atoms with van der Waals surface area (Å²) in [4.78, 5) is 2.63. The van der Waals surface area contributed by atoms with Crippen molar-refractivity contribution in [1.29, 1.82) is 0 Å². The number of alkyl halides is 1. The Labute approximate surface area is 73.3 Å². The van der Waals surface area contributed by atoms with Crippen LogP contribution in [0, 0.1) is 0 Å². The lowest BCUT2D eigenvalue weighted by Crippen LogP contribution is -1.68. The Balaban J connectivity index is 2.42. The molecule has 1 aliphatic rings. The molecule has 1 aromatic carbocycles. The molecular weight excluding hydrogens is 184 g/mol. The monoisotopic (exact) mass is 188 g/mol. The van der Waals surface area contributed by atoms with E-state index in [1.807, 2.05) is 12.1 Å². The van der Waals surface area contributed by atoms with E-state index in [4.69, 9.17) is 11.6 Å². The van der Waals surface area contributed by atoms with E-state index in [-0.39, 0.29) is 4.04 Å². The zero-order valence-corrected chi connectivity index (χ0v) is 7.47. The molecule has 0 fully saturated rings. The molecule has 1 aromatic rings. The van der Waals surface area contributed by atoms with Crippen molar-refractivity contribution in [1.82, 2.24) is 0 Å². The Bertz CT molecular complexity index is 224. The van der Waals surface area contributed by atoms with Crippen molar-refractivity contribution >= 4 is 35.1 Å². The van der Waals surface area contributed by atoms with Crippen LogP contribution in [-0.4, -0.2) is 4.04 Å². The topological polar surface area (TPSA) is 0 Å². The zero-order valence-electron chi connectivity index (χ0n) is 5.08. The second-order valence-corrected chi connectivity index (χ2v) is 5.50. The highest BCUT2D eigenvalue weighted by molar-refractivity contribution is 8.21. The molecule has 0 amide bonds. The minimum atomic E-state index is 0.178. The Morgan fingerprint density at radius 1 is 1.10 bits per heavy atom. The molecule has 2 rings (SSSR count). The third-order valence-corrected chi connectivity index (χ3v) is 4.12. The molecule has 10 heavy (non-hydrogen) atoms. The first kappa shape index (κ1) is 6.89. The van der Waals surface area contributed by atoms with Gasteiger partial charge in [0.2, 0.25) is 0 Å². The maximum atomic E-state index is 5.90. The average molecular weight is 189 g/mol. The molecule has 52 valence electrons. The molecule has 0 spiro atoms. The number of hydrogen-bond donors (Lipinski definition) is 0. The zero-order chi connectivity index (χ0) is 6.97. The lowest BCUT2D eigenvalue weighted by Gasteiger charge is -1.90. The van der Waals surface area contributed by atoms with Crippen LogP contribution in [0.2, 0.25) is 0 Å². The Morgan fingerprint density at radius 2 is 1.60 bits per heavy atom. The molecule has 3 heteroatoms. The SMILES string of the molecule is ClC1Sc2ccccc2S1. The predicted molar refractivity (Wildman–Crippen MR) is 47.8 cm³/mol. The van der Waals surface area contributed by atoms with Crippen LogP contribution in [0.4, 0.5) is 0 Å². The van der Waals surface area contributed by atoms with Gasteiger partial charge in [0.15, 0.2) is 0 Å².